The molecule has 0 aromatic heterocycles. The summed E-state index contributed by atoms with van der Waals surface area (Å²) in [6.07, 6.45) is 15.1. The van der Waals surface area contributed by atoms with Crippen LogP contribution >= 0.6 is 0 Å². The van der Waals surface area contributed by atoms with E-state index < -0.39 is 0 Å². The van der Waals surface area contributed by atoms with E-state index >= 15 is 0 Å². The van der Waals surface area contributed by atoms with Gasteiger partial charge >= 0.3 is 0 Å². The van der Waals surface area contributed by atoms with Gasteiger partial charge in [0.25, 0.3) is 0 Å². The summed E-state index contributed by atoms with van der Waals surface area (Å²) < 4.78 is 5.03. The predicted octanol–water partition coefficient (Wildman–Crippen LogP) is 3.24. The summed E-state index contributed by atoms with van der Waals surface area (Å²) in [6.45, 7) is 0. The van der Waals surface area contributed by atoms with Crippen LogP contribution in [0.4, 0.5) is 0 Å². The van der Waals surface area contributed by atoms with Crippen LogP contribution in [0.2, 0.25) is 0 Å². The summed E-state index contributed by atoms with van der Waals surface area (Å²) in [7, 11) is 0. The number of rotatable bonds is 1. The molecule has 0 atom stereocenters. The quantitative estimate of drug-likeness (QED) is 0.578. The van der Waals surface area contributed by atoms with Gasteiger partial charge in [0, 0.05) is 5.92 Å². The second-order valence-electron chi connectivity index (χ2n) is 3.77. The van der Waals surface area contributed by atoms with Gasteiger partial charge < -0.3 is 4.74 Å². The summed E-state index contributed by atoms with van der Waals surface area (Å²) in [4.78, 5) is 0. The molecule has 2 rings (SSSR count). The molecule has 1 aliphatic heterocycles. The van der Waals surface area contributed by atoms with E-state index in [9.17, 15) is 0 Å². The Morgan fingerprint density at radius 3 is 2.25 bits per heavy atom. The number of hydrogen-bond donors (Lipinski definition) is 0. The van der Waals surface area contributed by atoms with Gasteiger partial charge in [-0.25, -0.2) is 0 Å². The van der Waals surface area contributed by atoms with Crippen molar-refractivity contribution in [3.63, 3.8) is 0 Å². The summed E-state index contributed by atoms with van der Waals surface area (Å²) in [5.41, 5.74) is 0. The maximum atomic E-state index is 5.03. The molecule has 1 aliphatic carbocycles. The Kier molecular flexibility index (Phi) is 2.50. The second-order valence-corrected chi connectivity index (χ2v) is 3.77. The highest BCUT2D eigenvalue weighted by Gasteiger charge is 2.20. The molecule has 0 amide bonds. The van der Waals surface area contributed by atoms with Gasteiger partial charge in [-0.15, -0.1) is 0 Å². The van der Waals surface area contributed by atoms with Gasteiger partial charge in [-0.05, 0) is 30.9 Å². The molecule has 1 heterocycles. The number of hydrogen-bond acceptors (Lipinski definition) is 1. The zero-order chi connectivity index (χ0) is 8.23. The highest BCUT2D eigenvalue weighted by atomic mass is 16.5. The highest BCUT2D eigenvalue weighted by molar-refractivity contribution is 5.04. The molecule has 0 unspecified atom stereocenters. The minimum absolute atomic E-state index is 0.652. The molecular weight excluding hydrogens is 148 g/mol. The van der Waals surface area contributed by atoms with Crippen LogP contribution in [-0.2, 0) is 4.74 Å². The van der Waals surface area contributed by atoms with Crippen molar-refractivity contribution in [2.75, 3.05) is 0 Å². The summed E-state index contributed by atoms with van der Waals surface area (Å²) in [5, 5.41) is 0. The zero-order valence-electron chi connectivity index (χ0n) is 7.41. The van der Waals surface area contributed by atoms with Gasteiger partial charge in [-0.3, -0.25) is 0 Å². The summed E-state index contributed by atoms with van der Waals surface area (Å²) >= 11 is 0. The van der Waals surface area contributed by atoms with Crippen LogP contribution in [0, 0.1) is 11.8 Å². The topological polar surface area (TPSA) is 9.23 Å². The lowest BCUT2D eigenvalue weighted by molar-refractivity contribution is 0.296. The molecule has 0 bridgehead atoms. The molecule has 66 valence electrons. The van der Waals surface area contributed by atoms with Crippen molar-refractivity contribution in [3.8, 4) is 0 Å². The first-order valence-corrected chi connectivity index (χ1v) is 4.95. The van der Waals surface area contributed by atoms with Crippen molar-refractivity contribution in [1.82, 2.24) is 0 Å². The third kappa shape index (κ3) is 1.71. The lowest BCUT2D eigenvalue weighted by Gasteiger charge is -2.26. The Labute approximate surface area is 74.1 Å². The van der Waals surface area contributed by atoms with E-state index in [0.717, 1.165) is 5.92 Å². The van der Waals surface area contributed by atoms with Crippen molar-refractivity contribution in [3.05, 3.63) is 24.7 Å². The van der Waals surface area contributed by atoms with E-state index in [1.165, 1.54) is 32.1 Å². The Bertz CT molecular complexity index is 175. The van der Waals surface area contributed by atoms with Crippen molar-refractivity contribution >= 4 is 0 Å². The molecule has 0 aromatic carbocycles. The predicted molar refractivity (Wildman–Crippen MR) is 49.4 cm³/mol. The molecule has 0 radical (unpaired) electrons. The molecule has 1 fully saturated rings. The van der Waals surface area contributed by atoms with Crippen molar-refractivity contribution < 1.29 is 4.74 Å². The lowest BCUT2D eigenvalue weighted by atomic mass is 9.80. The average Bonchev–Trinajstić information content (AvgIpc) is 2.21. The average molecular weight is 164 g/mol. The standard InChI is InChI=1S/C11H16O/c1-2-4-10(5-3-1)11-6-8-12-9-7-11/h6-11H,1-5H2. The first-order valence-electron chi connectivity index (χ1n) is 4.95. The molecule has 1 heteroatoms. The molecule has 0 N–H and O–H groups in total. The van der Waals surface area contributed by atoms with Gasteiger partial charge in [0.05, 0.1) is 12.5 Å². The molecule has 0 aromatic rings. The summed E-state index contributed by atoms with van der Waals surface area (Å²) in [5.74, 6) is 1.54. The first-order chi connectivity index (χ1) is 5.97. The largest absolute Gasteiger partial charge is 0.473 e. The Morgan fingerprint density at radius 2 is 1.58 bits per heavy atom. The third-order valence-corrected chi connectivity index (χ3v) is 2.95. The molecule has 0 spiro atoms. The smallest absolute Gasteiger partial charge is 0.0867 e. The number of allylic oxidation sites excluding steroid dienone is 2. The van der Waals surface area contributed by atoms with Crippen LogP contribution in [-0.4, -0.2) is 0 Å². The maximum absolute atomic E-state index is 5.03. The minimum atomic E-state index is 0.652. The van der Waals surface area contributed by atoms with Crippen LogP contribution in [0.15, 0.2) is 24.7 Å². The van der Waals surface area contributed by atoms with E-state index in [1.807, 2.05) is 12.5 Å². The molecule has 0 saturated heterocycles. The molecule has 2 aliphatic rings. The van der Waals surface area contributed by atoms with Gasteiger partial charge in [-0.2, -0.15) is 0 Å². The molecule has 1 saturated carbocycles. The third-order valence-electron chi connectivity index (χ3n) is 2.95. The van der Waals surface area contributed by atoms with Gasteiger partial charge in [-0.1, -0.05) is 19.3 Å². The lowest BCUT2D eigenvalue weighted by Crippen LogP contribution is -2.15. The summed E-state index contributed by atoms with van der Waals surface area (Å²) in [6, 6.07) is 0. The normalized spacial score (nSPS) is 25.7. The van der Waals surface area contributed by atoms with Crippen molar-refractivity contribution in [2.45, 2.75) is 32.1 Å². The zero-order valence-corrected chi connectivity index (χ0v) is 7.41. The highest BCUT2D eigenvalue weighted by Crippen LogP contribution is 2.32. The molecular formula is C11H16O. The molecule has 1 nitrogen and oxygen atoms in total. The van der Waals surface area contributed by atoms with Crippen LogP contribution in [0.3, 0.4) is 0 Å². The van der Waals surface area contributed by atoms with Crippen LogP contribution in [0.25, 0.3) is 0 Å². The van der Waals surface area contributed by atoms with Gasteiger partial charge in [0.15, 0.2) is 0 Å². The minimum Gasteiger partial charge on any atom is -0.473 e. The Hall–Kier alpha value is -0.720. The monoisotopic (exact) mass is 164 g/mol. The second kappa shape index (κ2) is 3.79. The van der Waals surface area contributed by atoms with Crippen LogP contribution in [0.1, 0.15) is 32.1 Å². The Balaban J connectivity index is 1.93. The fourth-order valence-electron chi connectivity index (χ4n) is 2.22. The van der Waals surface area contributed by atoms with E-state index in [-0.39, 0.29) is 0 Å². The fraction of sp³-hybridized carbons (Fsp3) is 0.636. The van der Waals surface area contributed by atoms with Gasteiger partial charge in [0.1, 0.15) is 0 Å². The maximum Gasteiger partial charge on any atom is 0.0867 e. The molecule has 12 heavy (non-hydrogen) atoms. The SMILES string of the molecule is C1=CC(C2CCCCC2)C=CO1. The van der Waals surface area contributed by atoms with Crippen molar-refractivity contribution in [2.24, 2.45) is 11.8 Å². The van der Waals surface area contributed by atoms with E-state index in [2.05, 4.69) is 12.2 Å². The fourth-order valence-corrected chi connectivity index (χ4v) is 2.22. The van der Waals surface area contributed by atoms with E-state index in [1.54, 1.807) is 0 Å². The number of ether oxygens (including phenoxy) is 1. The Morgan fingerprint density at radius 1 is 0.917 bits per heavy atom. The van der Waals surface area contributed by atoms with Gasteiger partial charge in [0.2, 0.25) is 0 Å². The van der Waals surface area contributed by atoms with Crippen LogP contribution < -0.4 is 0 Å². The van der Waals surface area contributed by atoms with E-state index in [0.29, 0.717) is 5.92 Å². The first kappa shape index (κ1) is 7.90. The van der Waals surface area contributed by atoms with Crippen molar-refractivity contribution in [1.29, 1.82) is 0 Å². The van der Waals surface area contributed by atoms with Crippen LogP contribution in [0.5, 0.6) is 0 Å². The van der Waals surface area contributed by atoms with E-state index in [4.69, 9.17) is 4.74 Å².